The average molecular weight is 442 g/mol. The van der Waals surface area contributed by atoms with Crippen molar-refractivity contribution in [3.63, 3.8) is 0 Å². The van der Waals surface area contributed by atoms with Crippen LogP contribution in [0.5, 0.6) is 0 Å². The molecule has 0 fully saturated rings. The summed E-state index contributed by atoms with van der Waals surface area (Å²) in [7, 11) is 0. The molecule has 1 unspecified atom stereocenters. The highest BCUT2D eigenvalue weighted by Crippen LogP contribution is 2.07. The van der Waals surface area contributed by atoms with Crippen LogP contribution in [-0.2, 0) is 25.7 Å². The third-order valence-electron chi connectivity index (χ3n) is 3.64. The molecule has 0 aliphatic carbocycles. The Balaban J connectivity index is 2.68. The lowest BCUT2D eigenvalue weighted by Gasteiger charge is -2.24. The summed E-state index contributed by atoms with van der Waals surface area (Å²) in [6.07, 6.45) is -1.62. The molecule has 1 aromatic carbocycles. The largest absolute Gasteiger partial charge is 0.445 e. The molecule has 0 saturated heterocycles. The molecule has 0 radical (unpaired) electrons. The van der Waals surface area contributed by atoms with Crippen molar-refractivity contribution in [2.24, 2.45) is 0 Å². The van der Waals surface area contributed by atoms with Crippen LogP contribution in [-0.4, -0.2) is 54.0 Å². The predicted octanol–water partition coefficient (Wildman–Crippen LogP) is 2.12. The molecule has 0 aliphatic heterocycles. The first-order valence-corrected chi connectivity index (χ1v) is 9.88. The van der Waals surface area contributed by atoms with Crippen molar-refractivity contribution in [3.8, 4) is 0 Å². The number of ketones is 1. The summed E-state index contributed by atoms with van der Waals surface area (Å²) in [5.74, 6) is -1.35. The van der Waals surface area contributed by atoms with Gasteiger partial charge in [-0.05, 0) is 33.3 Å². The zero-order valence-electron chi connectivity index (χ0n) is 17.5. The number of halogens is 1. The maximum atomic E-state index is 12.5. The van der Waals surface area contributed by atoms with Crippen molar-refractivity contribution < 1.29 is 28.7 Å². The van der Waals surface area contributed by atoms with Crippen LogP contribution in [0.15, 0.2) is 30.3 Å². The van der Waals surface area contributed by atoms with E-state index in [1.165, 1.54) is 6.92 Å². The van der Waals surface area contributed by atoms with Crippen LogP contribution in [0.3, 0.4) is 0 Å². The van der Waals surface area contributed by atoms with Gasteiger partial charge in [0.2, 0.25) is 5.91 Å². The van der Waals surface area contributed by atoms with Gasteiger partial charge in [0, 0.05) is 0 Å². The van der Waals surface area contributed by atoms with Crippen molar-refractivity contribution in [2.75, 3.05) is 12.4 Å². The second-order valence-corrected chi connectivity index (χ2v) is 7.74. The lowest BCUT2D eigenvalue weighted by atomic mass is 10.2. The summed E-state index contributed by atoms with van der Waals surface area (Å²) in [5, 5.41) is 7.24. The Morgan fingerprint density at radius 3 is 2.23 bits per heavy atom. The number of hydrogen-bond donors (Lipinski definition) is 3. The van der Waals surface area contributed by atoms with Crippen LogP contribution < -0.4 is 16.0 Å². The van der Waals surface area contributed by atoms with Crippen molar-refractivity contribution in [3.05, 3.63) is 35.9 Å². The summed E-state index contributed by atoms with van der Waals surface area (Å²) in [5.41, 5.74) is 0.0110. The van der Waals surface area contributed by atoms with E-state index in [-0.39, 0.29) is 19.0 Å². The minimum absolute atomic E-state index is 0.0459. The number of Topliss-reactive ketones (excluding diaryl/α,β-unsaturated/α-hetero) is 1. The van der Waals surface area contributed by atoms with Gasteiger partial charge in [0.15, 0.2) is 5.78 Å². The Labute approximate surface area is 180 Å². The van der Waals surface area contributed by atoms with Gasteiger partial charge in [-0.3, -0.25) is 9.59 Å². The van der Waals surface area contributed by atoms with E-state index >= 15 is 0 Å². The first kappa shape index (κ1) is 25.2. The number of ether oxygens (including phenoxy) is 2. The van der Waals surface area contributed by atoms with Gasteiger partial charge in [-0.2, -0.15) is 0 Å². The fourth-order valence-corrected chi connectivity index (χ4v) is 2.36. The minimum atomic E-state index is -1.20. The van der Waals surface area contributed by atoms with E-state index in [1.54, 1.807) is 32.9 Å². The van der Waals surface area contributed by atoms with Crippen LogP contribution in [0.2, 0.25) is 0 Å². The molecule has 0 saturated carbocycles. The molecule has 3 amide bonds. The molecule has 0 heterocycles. The molecule has 0 spiro atoms. The third-order valence-corrected chi connectivity index (χ3v) is 3.91. The van der Waals surface area contributed by atoms with Gasteiger partial charge in [0.1, 0.15) is 18.2 Å². The van der Waals surface area contributed by atoms with E-state index in [0.29, 0.717) is 0 Å². The van der Waals surface area contributed by atoms with Crippen molar-refractivity contribution in [1.29, 1.82) is 0 Å². The highest BCUT2D eigenvalue weighted by atomic mass is 35.5. The lowest BCUT2D eigenvalue weighted by Crippen LogP contribution is -2.55. The number of benzene rings is 1. The molecule has 1 rings (SSSR count). The molecular weight excluding hydrogens is 414 g/mol. The zero-order valence-corrected chi connectivity index (χ0v) is 18.2. The van der Waals surface area contributed by atoms with Gasteiger partial charge in [-0.25, -0.2) is 9.59 Å². The molecule has 3 N–H and O–H groups in total. The quantitative estimate of drug-likeness (QED) is 0.504. The number of alkyl carbamates (subject to hydrolysis) is 2. The van der Waals surface area contributed by atoms with Crippen molar-refractivity contribution >= 4 is 35.5 Å². The second kappa shape index (κ2) is 12.0. The molecule has 0 aliphatic rings. The Morgan fingerprint density at radius 1 is 1.03 bits per heavy atom. The van der Waals surface area contributed by atoms with E-state index in [0.717, 1.165) is 5.56 Å². The van der Waals surface area contributed by atoms with Gasteiger partial charge >= 0.3 is 12.2 Å². The fourth-order valence-electron chi connectivity index (χ4n) is 2.13. The second-order valence-electron chi connectivity index (χ2n) is 7.47. The van der Waals surface area contributed by atoms with Gasteiger partial charge in [0.25, 0.3) is 0 Å². The molecule has 166 valence electrons. The standard InChI is InChI=1S/C20H28ClN3O6/c1-13(16(25)10-21)23-17(26)15(24-19(28)30-20(2,3)4)11-22-18(27)29-12-14-8-6-5-7-9-14/h5-9,13,15H,10-12H2,1-4H3,(H,22,27)(H,23,26)(H,24,28)/t13-,15?/m0/s1. The molecule has 0 aromatic heterocycles. The van der Waals surface area contributed by atoms with Gasteiger partial charge < -0.3 is 25.4 Å². The van der Waals surface area contributed by atoms with Gasteiger partial charge in [0.05, 0.1) is 18.5 Å². The van der Waals surface area contributed by atoms with Crippen LogP contribution in [0.1, 0.15) is 33.3 Å². The number of amides is 3. The SMILES string of the molecule is C[C@H](NC(=O)C(CNC(=O)OCc1ccccc1)NC(=O)OC(C)(C)C)C(=O)CCl. The summed E-state index contributed by atoms with van der Waals surface area (Å²) in [6.45, 7) is 6.24. The zero-order chi connectivity index (χ0) is 22.7. The molecule has 0 bridgehead atoms. The Hall–Kier alpha value is -2.81. The Kier molecular flexibility index (Phi) is 10.1. The molecule has 10 heteroatoms. The van der Waals surface area contributed by atoms with E-state index in [2.05, 4.69) is 16.0 Å². The first-order valence-electron chi connectivity index (χ1n) is 9.35. The highest BCUT2D eigenvalue weighted by Gasteiger charge is 2.27. The maximum absolute atomic E-state index is 12.5. The summed E-state index contributed by atoms with van der Waals surface area (Å²) < 4.78 is 10.2. The summed E-state index contributed by atoms with van der Waals surface area (Å²) >= 11 is 5.49. The molecule has 1 aromatic rings. The molecule has 2 atom stereocenters. The topological polar surface area (TPSA) is 123 Å². The lowest BCUT2D eigenvalue weighted by molar-refractivity contribution is -0.127. The fraction of sp³-hybridized carbons (Fsp3) is 0.500. The van der Waals surface area contributed by atoms with Gasteiger partial charge in [-0.1, -0.05) is 30.3 Å². The number of carbonyl (C=O) groups is 4. The third kappa shape index (κ3) is 10.1. The Morgan fingerprint density at radius 2 is 1.67 bits per heavy atom. The smallest absolute Gasteiger partial charge is 0.408 e. The predicted molar refractivity (Wildman–Crippen MR) is 111 cm³/mol. The summed E-state index contributed by atoms with van der Waals surface area (Å²) in [6, 6.07) is 6.99. The first-order chi connectivity index (χ1) is 14.0. The number of alkyl halides is 1. The van der Waals surface area contributed by atoms with E-state index in [4.69, 9.17) is 21.1 Å². The normalized spacial score (nSPS) is 12.8. The number of rotatable bonds is 9. The molecular formula is C20H28ClN3O6. The van der Waals surface area contributed by atoms with E-state index < -0.39 is 41.6 Å². The maximum Gasteiger partial charge on any atom is 0.408 e. The number of hydrogen-bond acceptors (Lipinski definition) is 6. The Bertz CT molecular complexity index is 736. The van der Waals surface area contributed by atoms with E-state index in [9.17, 15) is 19.2 Å². The highest BCUT2D eigenvalue weighted by molar-refractivity contribution is 6.28. The van der Waals surface area contributed by atoms with Crippen LogP contribution >= 0.6 is 11.6 Å². The van der Waals surface area contributed by atoms with E-state index in [1.807, 2.05) is 18.2 Å². The van der Waals surface area contributed by atoms with Crippen LogP contribution in [0.25, 0.3) is 0 Å². The van der Waals surface area contributed by atoms with Crippen LogP contribution in [0.4, 0.5) is 9.59 Å². The van der Waals surface area contributed by atoms with Crippen LogP contribution in [0, 0.1) is 0 Å². The summed E-state index contributed by atoms with van der Waals surface area (Å²) in [4.78, 5) is 48.1. The number of nitrogens with one attached hydrogen (secondary N) is 3. The minimum Gasteiger partial charge on any atom is -0.445 e. The molecule has 30 heavy (non-hydrogen) atoms. The van der Waals surface area contributed by atoms with Gasteiger partial charge in [-0.15, -0.1) is 11.6 Å². The average Bonchev–Trinajstić information content (AvgIpc) is 2.68. The molecule has 9 nitrogen and oxygen atoms in total. The van der Waals surface area contributed by atoms with Crippen molar-refractivity contribution in [1.82, 2.24) is 16.0 Å². The van der Waals surface area contributed by atoms with Crippen molar-refractivity contribution in [2.45, 2.75) is 52.0 Å². The monoisotopic (exact) mass is 441 g/mol. The number of carbonyl (C=O) groups excluding carboxylic acids is 4.